The van der Waals surface area contributed by atoms with Gasteiger partial charge in [-0.15, -0.1) is 0 Å². The molecular weight excluding hydrogens is 540 g/mol. The van der Waals surface area contributed by atoms with E-state index in [4.69, 9.17) is 9.97 Å². The molecule has 0 spiro atoms. The van der Waals surface area contributed by atoms with Crippen molar-refractivity contribution in [3.8, 4) is 22.8 Å². The normalized spacial score (nSPS) is 11.7. The summed E-state index contributed by atoms with van der Waals surface area (Å²) in [5.74, 6) is 0. The molecule has 0 aliphatic heterocycles. The lowest BCUT2D eigenvalue weighted by Gasteiger charge is -2.11. The van der Waals surface area contributed by atoms with Crippen molar-refractivity contribution in [3.05, 3.63) is 104 Å². The van der Waals surface area contributed by atoms with Crippen molar-refractivity contribution in [1.82, 2.24) is 29.9 Å². The Hall–Kier alpha value is -4.32. The summed E-state index contributed by atoms with van der Waals surface area (Å²) in [6.07, 6.45) is 9.98. The van der Waals surface area contributed by atoms with Crippen LogP contribution in [0.25, 0.3) is 33.8 Å². The summed E-state index contributed by atoms with van der Waals surface area (Å²) in [6.45, 7) is 17.9. The number of rotatable bonds is 10. The summed E-state index contributed by atoms with van der Waals surface area (Å²) in [5, 5.41) is 0. The molecule has 6 heteroatoms. The quantitative estimate of drug-likeness (QED) is 0.129. The van der Waals surface area contributed by atoms with Gasteiger partial charge in [-0.05, 0) is 110 Å². The minimum atomic E-state index is 0.840. The van der Waals surface area contributed by atoms with Gasteiger partial charge in [0.15, 0.2) is 0 Å². The first-order valence-corrected chi connectivity index (χ1v) is 16.3. The molecule has 0 bridgehead atoms. The molecule has 0 aliphatic carbocycles. The molecule has 0 amide bonds. The lowest BCUT2D eigenvalue weighted by molar-refractivity contribution is 0.986. The first-order valence-electron chi connectivity index (χ1n) is 16.3. The molecule has 0 atom stereocenters. The summed E-state index contributed by atoms with van der Waals surface area (Å²) >= 11 is 0. The van der Waals surface area contributed by atoms with Gasteiger partial charge in [-0.25, -0.2) is 9.97 Å². The number of aromatic amines is 4. The number of nitrogens with zero attached hydrogens (tertiary/aromatic N) is 2. The Bertz CT molecular complexity index is 1820. The molecule has 6 aromatic rings. The Labute approximate surface area is 261 Å². The Balaban J connectivity index is 1.52. The van der Waals surface area contributed by atoms with Gasteiger partial charge in [-0.3, -0.25) is 0 Å². The van der Waals surface area contributed by atoms with Gasteiger partial charge >= 0.3 is 0 Å². The maximum absolute atomic E-state index is 5.30. The molecule has 5 aromatic heterocycles. The third-order valence-corrected chi connectivity index (χ3v) is 9.87. The first-order chi connectivity index (χ1) is 21.3. The molecule has 1 aromatic carbocycles. The van der Waals surface area contributed by atoms with E-state index in [-0.39, 0.29) is 0 Å². The molecule has 6 rings (SSSR count). The topological polar surface area (TPSA) is 88.9 Å². The fourth-order valence-electron chi connectivity index (χ4n) is 7.10. The monoisotopic (exact) mass is 586 g/mol. The summed E-state index contributed by atoms with van der Waals surface area (Å²) in [6, 6.07) is 8.21. The molecule has 5 heterocycles. The highest BCUT2D eigenvalue weighted by Crippen LogP contribution is 2.38. The number of hydrogen-bond donors (Lipinski definition) is 4. The average molecular weight is 587 g/mol. The van der Waals surface area contributed by atoms with Gasteiger partial charge in [0.1, 0.15) is 11.4 Å². The average Bonchev–Trinajstić information content (AvgIpc) is 3.76. The van der Waals surface area contributed by atoms with Gasteiger partial charge in [0, 0.05) is 48.0 Å². The first kappa shape index (κ1) is 29.7. The predicted molar refractivity (Wildman–Crippen MR) is 183 cm³/mol. The molecule has 228 valence electrons. The molecule has 0 radical (unpaired) electrons. The number of fused-ring (bicyclic) bond motifs is 1. The van der Waals surface area contributed by atoms with Crippen molar-refractivity contribution in [2.75, 3.05) is 0 Å². The molecule has 0 aliphatic rings. The maximum Gasteiger partial charge on any atom is 0.115 e. The van der Waals surface area contributed by atoms with Gasteiger partial charge in [0.2, 0.25) is 0 Å². The van der Waals surface area contributed by atoms with Gasteiger partial charge in [-0.2, -0.15) is 0 Å². The summed E-state index contributed by atoms with van der Waals surface area (Å²) in [7, 11) is 0. The van der Waals surface area contributed by atoms with Crippen LogP contribution < -0.4 is 0 Å². The van der Waals surface area contributed by atoms with E-state index in [0.29, 0.717) is 0 Å². The van der Waals surface area contributed by atoms with Crippen LogP contribution in [0.4, 0.5) is 0 Å². The van der Waals surface area contributed by atoms with Crippen LogP contribution in [0.15, 0.2) is 36.7 Å². The van der Waals surface area contributed by atoms with Crippen molar-refractivity contribution in [3.63, 3.8) is 0 Å². The third-order valence-electron chi connectivity index (χ3n) is 9.87. The van der Waals surface area contributed by atoms with Crippen LogP contribution in [0.2, 0.25) is 0 Å². The van der Waals surface area contributed by atoms with Gasteiger partial charge in [-0.1, -0.05) is 39.8 Å². The zero-order valence-electron chi connectivity index (χ0n) is 27.6. The zero-order valence-corrected chi connectivity index (χ0v) is 27.6. The lowest BCUT2D eigenvalue weighted by Crippen LogP contribution is -1.99. The number of aryl methyl sites for hydroxylation is 2. The second-order valence-electron chi connectivity index (χ2n) is 12.2. The van der Waals surface area contributed by atoms with Gasteiger partial charge < -0.3 is 19.9 Å². The van der Waals surface area contributed by atoms with Crippen LogP contribution in [-0.2, 0) is 38.5 Å². The van der Waals surface area contributed by atoms with Crippen molar-refractivity contribution >= 4 is 11.0 Å². The second kappa shape index (κ2) is 12.0. The van der Waals surface area contributed by atoms with E-state index in [1.54, 1.807) is 0 Å². The third kappa shape index (κ3) is 5.00. The van der Waals surface area contributed by atoms with E-state index in [9.17, 15) is 0 Å². The minimum absolute atomic E-state index is 0.840. The molecule has 44 heavy (non-hydrogen) atoms. The van der Waals surface area contributed by atoms with Crippen LogP contribution >= 0.6 is 0 Å². The standard InChI is InChI=1S/C38H46N6/c1-9-25-19-39-31(21(25)5)17-33-27(11-3)23(7)35(43-33)37-38(42-30-16-14-13-15-29(30)41-37)36-24(8)28(12-4)34(44-36)18-32-22(6)26(10-2)20-40-32/h13-16,19-20,39-40,43-44H,9-12,17-18H2,1-8H3. The van der Waals surface area contributed by atoms with E-state index >= 15 is 0 Å². The smallest absolute Gasteiger partial charge is 0.115 e. The SMILES string of the molecule is CCc1c[nH]c(Cc2[nH]c(-c3nc4ccccc4nc3-c3[nH]c(Cc4[nH]cc(CC)c4C)c(CC)c3C)c(C)c2CC)c1C. The van der Waals surface area contributed by atoms with Crippen LogP contribution in [0.1, 0.15) is 95.0 Å². The Morgan fingerprint density at radius 1 is 0.523 bits per heavy atom. The highest BCUT2D eigenvalue weighted by Gasteiger charge is 2.25. The van der Waals surface area contributed by atoms with E-state index in [1.165, 1.54) is 67.3 Å². The summed E-state index contributed by atoms with van der Waals surface area (Å²) in [4.78, 5) is 25.4. The van der Waals surface area contributed by atoms with Gasteiger partial charge in [0.25, 0.3) is 0 Å². The van der Waals surface area contributed by atoms with Crippen LogP contribution in [0.5, 0.6) is 0 Å². The number of benzene rings is 1. The zero-order chi connectivity index (χ0) is 31.1. The summed E-state index contributed by atoms with van der Waals surface area (Å²) in [5.41, 5.74) is 21.5. The van der Waals surface area contributed by atoms with Crippen LogP contribution in [0.3, 0.4) is 0 Å². The number of H-pyrrole nitrogens is 4. The minimum Gasteiger partial charge on any atom is -0.364 e. The fraction of sp³-hybridized carbons (Fsp3) is 0.368. The van der Waals surface area contributed by atoms with Crippen LogP contribution in [0, 0.1) is 27.7 Å². The van der Waals surface area contributed by atoms with Crippen molar-refractivity contribution in [2.45, 2.75) is 93.9 Å². The van der Waals surface area contributed by atoms with Crippen molar-refractivity contribution < 1.29 is 0 Å². The highest BCUT2D eigenvalue weighted by atomic mass is 14.9. The summed E-state index contributed by atoms with van der Waals surface area (Å²) < 4.78 is 0. The lowest BCUT2D eigenvalue weighted by atomic mass is 10.00. The van der Waals surface area contributed by atoms with E-state index in [1.807, 2.05) is 12.1 Å². The fourth-order valence-corrected chi connectivity index (χ4v) is 7.10. The Kier molecular flexibility index (Phi) is 8.10. The molecule has 0 saturated carbocycles. The van der Waals surface area contributed by atoms with Crippen molar-refractivity contribution in [2.24, 2.45) is 0 Å². The second-order valence-corrected chi connectivity index (χ2v) is 12.2. The molecular formula is C38H46N6. The molecule has 0 fully saturated rings. The number of hydrogen-bond acceptors (Lipinski definition) is 2. The number of para-hydroxylation sites is 2. The molecule has 4 N–H and O–H groups in total. The number of nitrogens with one attached hydrogen (secondary N) is 4. The van der Waals surface area contributed by atoms with E-state index in [2.05, 4.69) is 99.9 Å². The largest absolute Gasteiger partial charge is 0.364 e. The Morgan fingerprint density at radius 2 is 0.932 bits per heavy atom. The highest BCUT2D eigenvalue weighted by molar-refractivity contribution is 5.87. The van der Waals surface area contributed by atoms with Gasteiger partial charge in [0.05, 0.1) is 22.4 Å². The molecule has 0 saturated heterocycles. The van der Waals surface area contributed by atoms with Crippen molar-refractivity contribution in [1.29, 1.82) is 0 Å². The Morgan fingerprint density at radius 3 is 1.27 bits per heavy atom. The van der Waals surface area contributed by atoms with Crippen LogP contribution in [-0.4, -0.2) is 29.9 Å². The number of aromatic nitrogens is 6. The van der Waals surface area contributed by atoms with E-state index in [0.717, 1.165) is 72.3 Å². The maximum atomic E-state index is 5.30. The predicted octanol–water partition coefficient (Wildman–Crippen LogP) is 8.94. The van der Waals surface area contributed by atoms with E-state index < -0.39 is 0 Å². The molecule has 6 nitrogen and oxygen atoms in total. The molecule has 0 unspecified atom stereocenters.